The van der Waals surface area contributed by atoms with Crippen LogP contribution in [0.2, 0.25) is 0 Å². The van der Waals surface area contributed by atoms with Gasteiger partial charge in [-0.15, -0.1) is 0 Å². The molecule has 1 aliphatic rings. The smallest absolute Gasteiger partial charge is 0.330 e. The molecule has 0 aromatic carbocycles. The first-order valence-electron chi connectivity index (χ1n) is 5.28. The third-order valence-electron chi connectivity index (χ3n) is 3.13. The summed E-state index contributed by atoms with van der Waals surface area (Å²) in [6.07, 6.45) is -2.34. The first-order chi connectivity index (χ1) is 7.45. The van der Waals surface area contributed by atoms with Gasteiger partial charge in [-0.3, -0.25) is 4.68 Å². The van der Waals surface area contributed by atoms with Gasteiger partial charge in [-0.2, -0.15) is 18.3 Å². The number of halogens is 3. The summed E-state index contributed by atoms with van der Waals surface area (Å²) in [7, 11) is 1.57. The Morgan fingerprint density at radius 2 is 2.19 bits per heavy atom. The van der Waals surface area contributed by atoms with Crippen molar-refractivity contribution >= 4 is 0 Å². The Morgan fingerprint density at radius 1 is 1.50 bits per heavy atom. The maximum Gasteiger partial charge on any atom is 0.435 e. The van der Waals surface area contributed by atoms with Gasteiger partial charge in [0.25, 0.3) is 0 Å². The van der Waals surface area contributed by atoms with Crippen LogP contribution in [0, 0.1) is 0 Å². The van der Waals surface area contributed by atoms with Crippen LogP contribution in [0.5, 0.6) is 0 Å². The molecule has 1 atom stereocenters. The van der Waals surface area contributed by atoms with Gasteiger partial charge in [0.15, 0.2) is 5.69 Å². The topological polar surface area (TPSA) is 43.8 Å². The van der Waals surface area contributed by atoms with Crippen molar-refractivity contribution in [2.75, 3.05) is 6.54 Å². The second-order valence-corrected chi connectivity index (χ2v) is 4.14. The second kappa shape index (κ2) is 3.76. The van der Waals surface area contributed by atoms with E-state index < -0.39 is 11.9 Å². The minimum atomic E-state index is -4.36. The zero-order chi connectivity index (χ0) is 11.9. The SMILES string of the molecule is Cn1nc(C(F)(F)F)c2c1CCC2CCN. The standard InChI is InChI=1S/C10H14F3N3/c1-16-7-3-2-6(4-5-14)8(7)9(15-16)10(11,12)13/h6H,2-5,14H2,1H3. The molecule has 2 N–H and O–H groups in total. The lowest BCUT2D eigenvalue weighted by atomic mass is 9.98. The molecule has 0 bridgehead atoms. The van der Waals surface area contributed by atoms with Crippen molar-refractivity contribution in [1.82, 2.24) is 9.78 Å². The number of hydrogen-bond acceptors (Lipinski definition) is 2. The van der Waals surface area contributed by atoms with E-state index in [2.05, 4.69) is 5.10 Å². The summed E-state index contributed by atoms with van der Waals surface area (Å²) in [5, 5.41) is 3.59. The Bertz CT molecular complexity index is 395. The van der Waals surface area contributed by atoms with Gasteiger partial charge < -0.3 is 5.73 Å². The molecule has 1 aromatic rings. The molecule has 2 rings (SSSR count). The third kappa shape index (κ3) is 1.71. The minimum absolute atomic E-state index is 0.0784. The number of aryl methyl sites for hydroxylation is 1. The van der Waals surface area contributed by atoms with Gasteiger partial charge in [-0.25, -0.2) is 0 Å². The minimum Gasteiger partial charge on any atom is -0.330 e. The van der Waals surface area contributed by atoms with Crippen molar-refractivity contribution in [1.29, 1.82) is 0 Å². The van der Waals surface area contributed by atoms with Gasteiger partial charge >= 0.3 is 6.18 Å². The fourth-order valence-corrected chi connectivity index (χ4v) is 2.46. The van der Waals surface area contributed by atoms with Crippen LogP contribution in [-0.2, 0) is 19.6 Å². The maximum atomic E-state index is 12.8. The van der Waals surface area contributed by atoms with Crippen LogP contribution in [0.3, 0.4) is 0 Å². The molecule has 0 saturated carbocycles. The van der Waals surface area contributed by atoms with E-state index in [1.54, 1.807) is 7.05 Å². The van der Waals surface area contributed by atoms with Crippen LogP contribution in [0.25, 0.3) is 0 Å². The van der Waals surface area contributed by atoms with Crippen LogP contribution in [0.4, 0.5) is 13.2 Å². The normalized spacial score (nSPS) is 20.2. The summed E-state index contributed by atoms with van der Waals surface area (Å²) in [4.78, 5) is 0. The molecule has 0 fully saturated rings. The first kappa shape index (κ1) is 11.4. The fraction of sp³-hybridized carbons (Fsp3) is 0.700. The molecule has 6 heteroatoms. The number of fused-ring (bicyclic) bond motifs is 1. The summed E-state index contributed by atoms with van der Waals surface area (Å²) in [5.74, 6) is -0.0784. The highest BCUT2D eigenvalue weighted by Gasteiger charge is 2.42. The summed E-state index contributed by atoms with van der Waals surface area (Å²) in [6, 6.07) is 0. The Balaban J connectivity index is 2.46. The lowest BCUT2D eigenvalue weighted by Gasteiger charge is -2.11. The number of aromatic nitrogens is 2. The third-order valence-corrected chi connectivity index (χ3v) is 3.13. The molecule has 0 amide bonds. The van der Waals surface area contributed by atoms with Crippen molar-refractivity contribution < 1.29 is 13.2 Å². The zero-order valence-electron chi connectivity index (χ0n) is 9.01. The molecule has 0 spiro atoms. The predicted molar refractivity (Wildman–Crippen MR) is 52.9 cm³/mol. The van der Waals surface area contributed by atoms with Crippen LogP contribution in [0.15, 0.2) is 0 Å². The largest absolute Gasteiger partial charge is 0.435 e. The number of rotatable bonds is 2. The Hall–Kier alpha value is -1.04. The van der Waals surface area contributed by atoms with E-state index in [4.69, 9.17) is 5.73 Å². The van der Waals surface area contributed by atoms with E-state index in [-0.39, 0.29) is 5.92 Å². The maximum absolute atomic E-state index is 12.8. The monoisotopic (exact) mass is 233 g/mol. The van der Waals surface area contributed by atoms with E-state index >= 15 is 0 Å². The fourth-order valence-electron chi connectivity index (χ4n) is 2.46. The number of nitrogens with zero attached hydrogens (tertiary/aromatic N) is 2. The van der Waals surface area contributed by atoms with Crippen LogP contribution in [-0.4, -0.2) is 16.3 Å². The van der Waals surface area contributed by atoms with Crippen molar-refractivity contribution in [3.8, 4) is 0 Å². The van der Waals surface area contributed by atoms with Crippen LogP contribution in [0.1, 0.15) is 35.7 Å². The highest BCUT2D eigenvalue weighted by atomic mass is 19.4. The first-order valence-corrected chi connectivity index (χ1v) is 5.28. The lowest BCUT2D eigenvalue weighted by molar-refractivity contribution is -0.142. The molecule has 0 aliphatic heterocycles. The predicted octanol–water partition coefficient (Wildman–Crippen LogP) is 1.82. The molecule has 0 saturated heterocycles. The van der Waals surface area contributed by atoms with Gasteiger partial charge in [-0.1, -0.05) is 0 Å². The van der Waals surface area contributed by atoms with Crippen molar-refractivity contribution in [3.63, 3.8) is 0 Å². The average molecular weight is 233 g/mol. The molecule has 1 unspecified atom stereocenters. The average Bonchev–Trinajstić information content (AvgIpc) is 2.69. The van der Waals surface area contributed by atoms with Gasteiger partial charge in [0.2, 0.25) is 0 Å². The molecule has 3 nitrogen and oxygen atoms in total. The number of hydrogen-bond donors (Lipinski definition) is 1. The van der Waals surface area contributed by atoms with Crippen molar-refractivity contribution in [3.05, 3.63) is 17.0 Å². The Morgan fingerprint density at radius 3 is 2.75 bits per heavy atom. The van der Waals surface area contributed by atoms with E-state index in [1.807, 2.05) is 0 Å². The van der Waals surface area contributed by atoms with E-state index in [0.717, 1.165) is 6.42 Å². The summed E-state index contributed by atoms with van der Waals surface area (Å²) >= 11 is 0. The van der Waals surface area contributed by atoms with E-state index in [1.165, 1.54) is 4.68 Å². The van der Waals surface area contributed by atoms with Gasteiger partial charge in [-0.05, 0) is 31.7 Å². The quantitative estimate of drug-likeness (QED) is 0.846. The molecule has 1 aliphatic carbocycles. The molecule has 90 valence electrons. The molecular formula is C10H14F3N3. The zero-order valence-corrected chi connectivity index (χ0v) is 9.01. The highest BCUT2D eigenvalue weighted by Crippen LogP contribution is 2.43. The second-order valence-electron chi connectivity index (χ2n) is 4.14. The van der Waals surface area contributed by atoms with E-state index in [9.17, 15) is 13.2 Å². The number of nitrogens with two attached hydrogens (primary N) is 1. The summed E-state index contributed by atoms with van der Waals surface area (Å²) in [5.41, 5.74) is 5.79. The molecule has 1 heterocycles. The van der Waals surface area contributed by atoms with Gasteiger partial charge in [0, 0.05) is 18.3 Å². The van der Waals surface area contributed by atoms with E-state index in [0.29, 0.717) is 30.6 Å². The Labute approximate surface area is 91.4 Å². The van der Waals surface area contributed by atoms with Crippen LogP contribution >= 0.6 is 0 Å². The molecule has 0 radical (unpaired) electrons. The molecular weight excluding hydrogens is 219 g/mol. The Kier molecular flexibility index (Phi) is 2.69. The summed E-state index contributed by atoms with van der Waals surface area (Å²) < 4.78 is 39.6. The lowest BCUT2D eigenvalue weighted by Crippen LogP contribution is -2.13. The van der Waals surface area contributed by atoms with Crippen molar-refractivity contribution in [2.24, 2.45) is 12.8 Å². The van der Waals surface area contributed by atoms with Gasteiger partial charge in [0.1, 0.15) is 0 Å². The number of alkyl halides is 3. The molecule has 1 aromatic heterocycles. The summed E-state index contributed by atoms with van der Waals surface area (Å²) in [6.45, 7) is 0.413. The van der Waals surface area contributed by atoms with Crippen LogP contribution < -0.4 is 5.73 Å². The van der Waals surface area contributed by atoms with Crippen molar-refractivity contribution in [2.45, 2.75) is 31.4 Å². The highest BCUT2D eigenvalue weighted by molar-refractivity contribution is 5.36. The molecule has 16 heavy (non-hydrogen) atoms. The van der Waals surface area contributed by atoms with Gasteiger partial charge in [0.05, 0.1) is 0 Å².